The zero-order valence-electron chi connectivity index (χ0n) is 25.2. The summed E-state index contributed by atoms with van der Waals surface area (Å²) in [4.78, 5) is 42.4. The van der Waals surface area contributed by atoms with Crippen molar-refractivity contribution in [2.45, 2.75) is 58.0 Å². The normalized spacial score (nSPS) is 12.8. The zero-order valence-corrected chi connectivity index (χ0v) is 25.2. The number of hydrogen-bond donors (Lipinski definition) is 3. The van der Waals surface area contributed by atoms with Gasteiger partial charge in [0.05, 0.1) is 11.7 Å². The molecule has 3 aromatic carbocycles. The van der Waals surface area contributed by atoms with E-state index in [0.717, 1.165) is 12.1 Å². The summed E-state index contributed by atoms with van der Waals surface area (Å²) < 4.78 is 53.6. The second kappa shape index (κ2) is 15.6. The molecule has 0 radical (unpaired) electrons. The predicted molar refractivity (Wildman–Crippen MR) is 162 cm³/mol. The molecule has 3 rings (SSSR count). The van der Waals surface area contributed by atoms with E-state index < -0.39 is 41.5 Å². The number of benzene rings is 3. The average molecular weight is 631 g/mol. The molecule has 0 aromatic heterocycles. The van der Waals surface area contributed by atoms with Gasteiger partial charge in [0, 0.05) is 48.9 Å². The van der Waals surface area contributed by atoms with Crippen LogP contribution in [0.4, 0.5) is 17.6 Å². The molecule has 242 valence electrons. The van der Waals surface area contributed by atoms with Crippen molar-refractivity contribution in [3.63, 3.8) is 0 Å². The highest BCUT2D eigenvalue weighted by molar-refractivity contribution is 6.04. The van der Waals surface area contributed by atoms with Gasteiger partial charge in [0.1, 0.15) is 5.82 Å². The Morgan fingerprint density at radius 1 is 0.822 bits per heavy atom. The molecule has 0 unspecified atom stereocenters. The lowest BCUT2D eigenvalue weighted by Crippen LogP contribution is -2.46. The van der Waals surface area contributed by atoms with E-state index >= 15 is 0 Å². The first-order valence-corrected chi connectivity index (χ1v) is 14.6. The number of rotatable bonds is 14. The number of aliphatic hydroxyl groups excluding tert-OH is 1. The summed E-state index contributed by atoms with van der Waals surface area (Å²) in [7, 11) is 0. The summed E-state index contributed by atoms with van der Waals surface area (Å²) in [6.07, 6.45) is -5.13. The second-order valence-electron chi connectivity index (χ2n) is 10.9. The van der Waals surface area contributed by atoms with Crippen LogP contribution >= 0.6 is 0 Å². The Morgan fingerprint density at radius 3 is 1.91 bits per heavy atom. The average Bonchev–Trinajstić information content (AvgIpc) is 2.99. The summed E-state index contributed by atoms with van der Waals surface area (Å²) >= 11 is 0. The van der Waals surface area contributed by atoms with Crippen molar-refractivity contribution in [3.05, 3.63) is 106 Å². The van der Waals surface area contributed by atoms with E-state index in [0.29, 0.717) is 37.6 Å². The van der Waals surface area contributed by atoms with Gasteiger partial charge in [-0.1, -0.05) is 44.2 Å². The molecule has 0 spiro atoms. The molecular formula is C33H38F4N4O4. The fourth-order valence-electron chi connectivity index (χ4n) is 4.96. The van der Waals surface area contributed by atoms with Gasteiger partial charge in [0.2, 0.25) is 5.91 Å². The number of halogens is 4. The van der Waals surface area contributed by atoms with Crippen LogP contribution in [0, 0.1) is 5.82 Å². The van der Waals surface area contributed by atoms with Crippen molar-refractivity contribution < 1.29 is 37.1 Å². The van der Waals surface area contributed by atoms with E-state index in [9.17, 15) is 37.1 Å². The quantitative estimate of drug-likeness (QED) is 0.221. The zero-order chi connectivity index (χ0) is 33.3. The maximum Gasteiger partial charge on any atom is 0.416 e. The Labute approximate surface area is 259 Å². The van der Waals surface area contributed by atoms with Crippen LogP contribution < -0.4 is 11.5 Å². The Morgan fingerprint density at radius 2 is 1.38 bits per heavy atom. The third-order valence-corrected chi connectivity index (χ3v) is 7.15. The Kier molecular flexibility index (Phi) is 12.2. The molecule has 12 heteroatoms. The van der Waals surface area contributed by atoms with Crippen LogP contribution in [0.15, 0.2) is 66.7 Å². The lowest BCUT2D eigenvalue weighted by molar-refractivity contribution is -0.137. The number of primary amides is 1. The number of hydrogen-bond acceptors (Lipinski definition) is 5. The molecule has 5 N–H and O–H groups in total. The minimum absolute atomic E-state index is 0.0104. The summed E-state index contributed by atoms with van der Waals surface area (Å²) in [6, 6.07) is 13.6. The van der Waals surface area contributed by atoms with Crippen LogP contribution in [-0.2, 0) is 19.1 Å². The van der Waals surface area contributed by atoms with Crippen molar-refractivity contribution in [1.29, 1.82) is 0 Å². The van der Waals surface area contributed by atoms with E-state index in [1.54, 1.807) is 35.2 Å². The number of nitrogens with zero attached hydrogens (tertiary/aromatic N) is 2. The van der Waals surface area contributed by atoms with Gasteiger partial charge in [-0.3, -0.25) is 14.4 Å². The van der Waals surface area contributed by atoms with E-state index in [1.807, 2.05) is 13.8 Å². The van der Waals surface area contributed by atoms with Crippen molar-refractivity contribution in [2.24, 2.45) is 11.5 Å². The number of aliphatic hydroxyl groups is 1. The Hall–Kier alpha value is -4.29. The molecule has 0 saturated carbocycles. The first-order valence-electron chi connectivity index (χ1n) is 14.6. The third-order valence-electron chi connectivity index (χ3n) is 7.15. The molecule has 0 aliphatic rings. The smallest absolute Gasteiger partial charge is 0.390 e. The maximum atomic E-state index is 14.0. The van der Waals surface area contributed by atoms with Crippen molar-refractivity contribution in [1.82, 2.24) is 9.80 Å². The maximum absolute atomic E-state index is 14.0. The van der Waals surface area contributed by atoms with Crippen LogP contribution in [0.2, 0.25) is 0 Å². The van der Waals surface area contributed by atoms with Gasteiger partial charge in [0.25, 0.3) is 11.8 Å². The van der Waals surface area contributed by atoms with Gasteiger partial charge in [-0.2, -0.15) is 13.2 Å². The summed E-state index contributed by atoms with van der Waals surface area (Å²) in [6.45, 7) is 4.41. The molecule has 3 amide bonds. The highest BCUT2D eigenvalue weighted by atomic mass is 19.4. The molecule has 8 nitrogen and oxygen atoms in total. The molecule has 0 aliphatic carbocycles. The molecule has 0 saturated heterocycles. The fourth-order valence-corrected chi connectivity index (χ4v) is 4.96. The van der Waals surface area contributed by atoms with Crippen LogP contribution in [0.25, 0.3) is 0 Å². The van der Waals surface area contributed by atoms with Crippen molar-refractivity contribution in [3.8, 4) is 0 Å². The largest absolute Gasteiger partial charge is 0.416 e. The monoisotopic (exact) mass is 630 g/mol. The van der Waals surface area contributed by atoms with Gasteiger partial charge in [0.15, 0.2) is 0 Å². The predicted octanol–water partition coefficient (Wildman–Crippen LogP) is 4.78. The molecule has 3 aromatic rings. The third kappa shape index (κ3) is 9.85. The topological polar surface area (TPSA) is 130 Å². The van der Waals surface area contributed by atoms with Gasteiger partial charge in [-0.05, 0) is 66.8 Å². The van der Waals surface area contributed by atoms with E-state index in [2.05, 4.69) is 0 Å². The number of alkyl halides is 3. The minimum atomic E-state index is -4.78. The van der Waals surface area contributed by atoms with Crippen LogP contribution in [0.5, 0.6) is 0 Å². The first-order chi connectivity index (χ1) is 21.2. The fraction of sp³-hybridized carbons (Fsp3) is 0.364. The number of carbonyl (C=O) groups excluding carboxylic acids is 3. The lowest BCUT2D eigenvalue weighted by atomic mass is 9.98. The van der Waals surface area contributed by atoms with Crippen LogP contribution in [0.1, 0.15) is 74.5 Å². The summed E-state index contributed by atoms with van der Waals surface area (Å²) in [5, 5.41) is 11.0. The Balaban J connectivity index is 1.95. The van der Waals surface area contributed by atoms with Crippen molar-refractivity contribution in [2.75, 3.05) is 19.6 Å². The second-order valence-corrected chi connectivity index (χ2v) is 10.9. The Bertz CT molecular complexity index is 1480. The van der Waals surface area contributed by atoms with Crippen molar-refractivity contribution >= 4 is 17.7 Å². The van der Waals surface area contributed by atoms with Gasteiger partial charge in [-0.25, -0.2) is 4.39 Å². The molecule has 0 fully saturated rings. The van der Waals surface area contributed by atoms with Crippen LogP contribution in [0.3, 0.4) is 0 Å². The first kappa shape index (κ1) is 35.2. The molecule has 45 heavy (non-hydrogen) atoms. The summed E-state index contributed by atoms with van der Waals surface area (Å²) in [5.74, 6) is -2.97. The lowest BCUT2D eigenvalue weighted by Gasteiger charge is -2.29. The minimum Gasteiger partial charge on any atom is -0.390 e. The molecular weight excluding hydrogens is 592 g/mol. The molecule has 0 aliphatic heterocycles. The van der Waals surface area contributed by atoms with Gasteiger partial charge < -0.3 is 26.4 Å². The molecule has 0 bridgehead atoms. The standard InChI is InChI=1S/C33H38F4N4O4/c1-3-10-40(11-4-2)31(44)24-15-23(30(39)43)16-25(17-24)32(45)41(19-21-8-6-5-7-9-21)20-29(42)28(38)14-22-12-26(33(35,36)37)18-27(34)13-22/h5-9,12-13,15-18,28-29,42H,3-4,10-11,14,19-20,38H2,1-2H3,(H2,39,43)/t28-,29+/m0/s1. The molecule has 0 heterocycles. The van der Waals surface area contributed by atoms with E-state index in [1.165, 1.54) is 23.1 Å². The number of nitrogens with two attached hydrogens (primary N) is 2. The van der Waals surface area contributed by atoms with Gasteiger partial charge in [-0.15, -0.1) is 0 Å². The SMILES string of the molecule is CCCN(CCC)C(=O)c1cc(C(N)=O)cc(C(=O)N(Cc2ccccc2)C[C@@H](O)[C@@H](N)Cc2cc(F)cc(C(F)(F)F)c2)c1. The van der Waals surface area contributed by atoms with E-state index in [-0.39, 0.29) is 47.7 Å². The van der Waals surface area contributed by atoms with Gasteiger partial charge >= 0.3 is 6.18 Å². The molecule has 2 atom stereocenters. The number of carbonyl (C=O) groups is 3. The van der Waals surface area contributed by atoms with E-state index in [4.69, 9.17) is 11.5 Å². The highest BCUT2D eigenvalue weighted by Gasteiger charge is 2.32. The summed E-state index contributed by atoms with van der Waals surface area (Å²) in [5.41, 5.74) is 11.1. The van der Waals surface area contributed by atoms with Crippen LogP contribution in [-0.4, -0.2) is 64.4 Å². The number of amides is 3. The highest BCUT2D eigenvalue weighted by Crippen LogP contribution is 2.31.